The molecule has 1 aliphatic heterocycles. The summed E-state index contributed by atoms with van der Waals surface area (Å²) in [6.07, 6.45) is 2.03. The Hall–Kier alpha value is -1.63. The molecule has 3 rings (SSSR count). The SMILES string of the molecule is Cc1ccc(/C=C2\[Se]c3ccccc3C2=O)cc1. The van der Waals surface area contributed by atoms with Gasteiger partial charge in [-0.1, -0.05) is 0 Å². The number of fused-ring (bicyclic) bond motifs is 1. The molecular formula is C16H12OSe. The van der Waals surface area contributed by atoms with E-state index in [1.165, 1.54) is 10.0 Å². The normalized spacial score (nSPS) is 16.1. The summed E-state index contributed by atoms with van der Waals surface area (Å²) in [6.45, 7) is 2.07. The molecule has 0 spiro atoms. The van der Waals surface area contributed by atoms with Crippen molar-refractivity contribution >= 4 is 31.3 Å². The molecule has 0 bridgehead atoms. The van der Waals surface area contributed by atoms with E-state index in [0.29, 0.717) is 0 Å². The Labute approximate surface area is 113 Å². The number of rotatable bonds is 1. The van der Waals surface area contributed by atoms with Crippen molar-refractivity contribution in [1.82, 2.24) is 0 Å². The number of aryl methyl sites for hydroxylation is 1. The van der Waals surface area contributed by atoms with E-state index < -0.39 is 0 Å². The van der Waals surface area contributed by atoms with Crippen LogP contribution in [0.25, 0.3) is 6.08 Å². The zero-order valence-electron chi connectivity index (χ0n) is 10.0. The molecule has 0 fully saturated rings. The quantitative estimate of drug-likeness (QED) is 0.584. The van der Waals surface area contributed by atoms with Crippen molar-refractivity contribution in [3.63, 3.8) is 0 Å². The summed E-state index contributed by atoms with van der Waals surface area (Å²) in [5.74, 6) is 0.200. The molecule has 2 heteroatoms. The molecular weight excluding hydrogens is 287 g/mol. The standard InChI is InChI=1S/C16H12OSe/c1-11-6-8-12(9-7-11)10-15-16(17)13-4-2-3-5-14(13)18-15/h2-10H,1H3/b15-10-. The number of allylic oxidation sites excluding steroid dienone is 1. The van der Waals surface area contributed by atoms with Crippen LogP contribution in [0.2, 0.25) is 0 Å². The van der Waals surface area contributed by atoms with E-state index in [1.807, 2.05) is 24.3 Å². The van der Waals surface area contributed by atoms with Gasteiger partial charge in [0.15, 0.2) is 0 Å². The Morgan fingerprint density at radius 1 is 1.00 bits per heavy atom. The van der Waals surface area contributed by atoms with E-state index in [0.717, 1.165) is 15.6 Å². The van der Waals surface area contributed by atoms with Crippen LogP contribution in [0.3, 0.4) is 0 Å². The number of carbonyl (C=O) groups is 1. The maximum absolute atomic E-state index is 12.2. The van der Waals surface area contributed by atoms with Gasteiger partial charge in [-0.15, -0.1) is 0 Å². The van der Waals surface area contributed by atoms with E-state index in [-0.39, 0.29) is 20.7 Å². The van der Waals surface area contributed by atoms with Crippen LogP contribution in [0.1, 0.15) is 21.5 Å². The molecule has 0 unspecified atom stereocenters. The molecule has 0 amide bonds. The van der Waals surface area contributed by atoms with Crippen LogP contribution in [0, 0.1) is 6.92 Å². The second kappa shape index (κ2) is 4.56. The number of carbonyl (C=O) groups excluding carboxylic acids is 1. The first kappa shape index (κ1) is 11.5. The molecule has 0 radical (unpaired) electrons. The van der Waals surface area contributed by atoms with Crippen LogP contribution in [0.15, 0.2) is 53.0 Å². The Morgan fingerprint density at radius 3 is 2.44 bits per heavy atom. The molecule has 0 aliphatic carbocycles. The third kappa shape index (κ3) is 2.05. The fourth-order valence-electron chi connectivity index (χ4n) is 1.95. The Morgan fingerprint density at radius 2 is 1.72 bits per heavy atom. The number of Topliss-reactive ketones (excluding diaryl/α,β-unsaturated/α-hetero) is 1. The van der Waals surface area contributed by atoms with E-state index >= 15 is 0 Å². The molecule has 1 aliphatic rings. The average molecular weight is 299 g/mol. The van der Waals surface area contributed by atoms with Crippen LogP contribution in [0.5, 0.6) is 0 Å². The van der Waals surface area contributed by atoms with Crippen molar-refractivity contribution in [2.75, 3.05) is 0 Å². The van der Waals surface area contributed by atoms with E-state index in [9.17, 15) is 4.79 Å². The van der Waals surface area contributed by atoms with Gasteiger partial charge >= 0.3 is 113 Å². The second-order valence-electron chi connectivity index (χ2n) is 4.35. The first-order chi connectivity index (χ1) is 8.74. The van der Waals surface area contributed by atoms with Crippen LogP contribution >= 0.6 is 0 Å². The van der Waals surface area contributed by atoms with Crippen LogP contribution in [0.4, 0.5) is 0 Å². The molecule has 0 saturated carbocycles. The third-order valence-corrected chi connectivity index (χ3v) is 5.26. The minimum atomic E-state index is 0.151. The van der Waals surface area contributed by atoms with Crippen molar-refractivity contribution in [2.24, 2.45) is 0 Å². The predicted molar refractivity (Wildman–Crippen MR) is 75.3 cm³/mol. The summed E-state index contributed by atoms with van der Waals surface area (Å²) in [5.41, 5.74) is 3.23. The summed E-state index contributed by atoms with van der Waals surface area (Å²) >= 11 is 0.151. The second-order valence-corrected chi connectivity index (χ2v) is 6.62. The summed E-state index contributed by atoms with van der Waals surface area (Å²) in [6, 6.07) is 16.2. The molecule has 2 aromatic rings. The summed E-state index contributed by atoms with van der Waals surface area (Å²) in [4.78, 5) is 12.2. The van der Waals surface area contributed by atoms with Gasteiger partial charge in [-0.05, 0) is 0 Å². The van der Waals surface area contributed by atoms with Crippen LogP contribution < -0.4 is 4.46 Å². The van der Waals surface area contributed by atoms with Crippen LogP contribution in [-0.4, -0.2) is 20.7 Å². The zero-order chi connectivity index (χ0) is 12.5. The predicted octanol–water partition coefficient (Wildman–Crippen LogP) is 2.56. The van der Waals surface area contributed by atoms with Crippen molar-refractivity contribution in [3.8, 4) is 0 Å². The monoisotopic (exact) mass is 300 g/mol. The fourth-order valence-corrected chi connectivity index (χ4v) is 4.16. The van der Waals surface area contributed by atoms with Crippen molar-refractivity contribution in [3.05, 3.63) is 69.7 Å². The van der Waals surface area contributed by atoms with Crippen LogP contribution in [-0.2, 0) is 0 Å². The van der Waals surface area contributed by atoms with Gasteiger partial charge in [0.1, 0.15) is 0 Å². The van der Waals surface area contributed by atoms with Gasteiger partial charge < -0.3 is 0 Å². The van der Waals surface area contributed by atoms with Gasteiger partial charge in [0, 0.05) is 0 Å². The fraction of sp³-hybridized carbons (Fsp3) is 0.0625. The molecule has 0 N–H and O–H groups in total. The van der Waals surface area contributed by atoms with Gasteiger partial charge in [0.05, 0.1) is 0 Å². The van der Waals surface area contributed by atoms with Crippen molar-refractivity contribution in [2.45, 2.75) is 6.92 Å². The van der Waals surface area contributed by atoms with Gasteiger partial charge in [-0.2, -0.15) is 0 Å². The number of benzene rings is 2. The molecule has 88 valence electrons. The molecule has 2 aromatic carbocycles. The van der Waals surface area contributed by atoms with Crippen molar-refractivity contribution < 1.29 is 4.79 Å². The van der Waals surface area contributed by atoms with Gasteiger partial charge in [0.25, 0.3) is 0 Å². The van der Waals surface area contributed by atoms with Gasteiger partial charge in [-0.3, -0.25) is 0 Å². The maximum atomic E-state index is 12.2. The Bertz CT molecular complexity index is 638. The number of hydrogen-bond acceptors (Lipinski definition) is 1. The van der Waals surface area contributed by atoms with Gasteiger partial charge in [-0.25, -0.2) is 0 Å². The number of ketones is 1. The molecule has 1 heterocycles. The topological polar surface area (TPSA) is 17.1 Å². The summed E-state index contributed by atoms with van der Waals surface area (Å²) in [5, 5.41) is 0. The Kier molecular flexibility index (Phi) is 2.91. The first-order valence-corrected chi connectivity index (χ1v) is 7.55. The minimum absolute atomic E-state index is 0.151. The zero-order valence-corrected chi connectivity index (χ0v) is 11.7. The third-order valence-electron chi connectivity index (χ3n) is 2.95. The summed E-state index contributed by atoms with van der Waals surface area (Å²) in [7, 11) is 0. The van der Waals surface area contributed by atoms with Gasteiger partial charge in [0.2, 0.25) is 0 Å². The van der Waals surface area contributed by atoms with E-state index in [4.69, 9.17) is 0 Å². The first-order valence-electron chi connectivity index (χ1n) is 5.84. The Balaban J connectivity index is 1.97. The average Bonchev–Trinajstić information content (AvgIpc) is 2.70. The molecule has 18 heavy (non-hydrogen) atoms. The van der Waals surface area contributed by atoms with E-state index in [1.54, 1.807) is 0 Å². The number of hydrogen-bond donors (Lipinski definition) is 0. The molecule has 1 nitrogen and oxygen atoms in total. The van der Waals surface area contributed by atoms with E-state index in [2.05, 4.69) is 37.3 Å². The molecule has 0 aromatic heterocycles. The molecule has 0 saturated heterocycles. The summed E-state index contributed by atoms with van der Waals surface area (Å²) < 4.78 is 2.15. The molecule has 0 atom stereocenters. The van der Waals surface area contributed by atoms with Crippen molar-refractivity contribution in [1.29, 1.82) is 0 Å².